The number of nitrogens with two attached hydrogens (primary N) is 1. The van der Waals surface area contributed by atoms with Crippen molar-refractivity contribution in [3.05, 3.63) is 41.0 Å². The van der Waals surface area contributed by atoms with Crippen LogP contribution in [0, 0.1) is 0 Å². The zero-order chi connectivity index (χ0) is 13.8. The molecule has 4 nitrogen and oxygen atoms in total. The second kappa shape index (κ2) is 6.23. The molecule has 0 aliphatic carbocycles. The highest BCUT2D eigenvalue weighted by Gasteiger charge is 2.12. The van der Waals surface area contributed by atoms with Crippen molar-refractivity contribution < 1.29 is 9.90 Å². The van der Waals surface area contributed by atoms with Gasteiger partial charge >= 0.3 is 5.97 Å². The summed E-state index contributed by atoms with van der Waals surface area (Å²) in [5, 5.41) is 10.2. The highest BCUT2D eigenvalue weighted by Crippen LogP contribution is 2.24. The number of para-hydroxylation sites is 1. The molecule has 1 aromatic heterocycles. The Morgan fingerprint density at radius 2 is 2.21 bits per heavy atom. The highest BCUT2D eigenvalue weighted by molar-refractivity contribution is 7.98. The summed E-state index contributed by atoms with van der Waals surface area (Å²) in [6, 6.07) is 8.84. The van der Waals surface area contributed by atoms with Crippen molar-refractivity contribution >= 4 is 40.2 Å². The van der Waals surface area contributed by atoms with Gasteiger partial charge in [-0.3, -0.25) is 4.79 Å². The average molecular weight is 297 g/mol. The number of pyridine rings is 1. The maximum Gasteiger partial charge on any atom is 0.321 e. The third kappa shape index (κ3) is 3.59. The first-order valence-electron chi connectivity index (χ1n) is 5.68. The molecule has 0 saturated heterocycles. The monoisotopic (exact) mass is 296 g/mol. The smallest absolute Gasteiger partial charge is 0.321 e. The summed E-state index contributed by atoms with van der Waals surface area (Å²) in [5.74, 6) is -0.0499. The van der Waals surface area contributed by atoms with E-state index in [4.69, 9.17) is 22.4 Å². The van der Waals surface area contributed by atoms with Crippen molar-refractivity contribution in [2.24, 2.45) is 5.73 Å². The van der Waals surface area contributed by atoms with Crippen molar-refractivity contribution in [2.45, 2.75) is 11.8 Å². The molecule has 1 unspecified atom stereocenters. The van der Waals surface area contributed by atoms with Crippen LogP contribution < -0.4 is 5.73 Å². The van der Waals surface area contributed by atoms with Crippen LogP contribution in [0.4, 0.5) is 0 Å². The van der Waals surface area contributed by atoms with Gasteiger partial charge in [0.15, 0.2) is 0 Å². The molecule has 0 aliphatic heterocycles. The van der Waals surface area contributed by atoms with E-state index >= 15 is 0 Å². The fourth-order valence-electron chi connectivity index (χ4n) is 1.60. The van der Waals surface area contributed by atoms with E-state index in [-0.39, 0.29) is 0 Å². The summed E-state index contributed by atoms with van der Waals surface area (Å²) in [7, 11) is 0. The molecule has 0 fully saturated rings. The number of rotatable bonds is 5. The van der Waals surface area contributed by atoms with Gasteiger partial charge in [-0.15, -0.1) is 0 Å². The van der Waals surface area contributed by atoms with Gasteiger partial charge in [-0.25, -0.2) is 4.98 Å². The molecule has 0 bridgehead atoms. The number of halogens is 1. The quantitative estimate of drug-likeness (QED) is 0.829. The van der Waals surface area contributed by atoms with Crippen LogP contribution in [0.15, 0.2) is 30.3 Å². The topological polar surface area (TPSA) is 76.2 Å². The highest BCUT2D eigenvalue weighted by atomic mass is 35.5. The predicted octanol–water partition coefficient (Wildman–Crippen LogP) is 2.53. The average Bonchev–Trinajstić information content (AvgIpc) is 2.39. The van der Waals surface area contributed by atoms with Crippen LogP contribution in [0.25, 0.3) is 10.9 Å². The molecule has 19 heavy (non-hydrogen) atoms. The SMILES string of the molecule is NC(CSCc1cc2ccccc2nc1Cl)C(=O)O. The fraction of sp³-hybridized carbons (Fsp3) is 0.231. The Bertz CT molecular complexity index is 606. The molecule has 0 amide bonds. The van der Waals surface area contributed by atoms with Crippen LogP contribution in [0.5, 0.6) is 0 Å². The molecule has 100 valence electrons. The molecule has 2 aromatic rings. The van der Waals surface area contributed by atoms with E-state index in [1.807, 2.05) is 30.3 Å². The van der Waals surface area contributed by atoms with E-state index in [0.717, 1.165) is 16.5 Å². The maximum absolute atomic E-state index is 10.6. The van der Waals surface area contributed by atoms with E-state index in [1.165, 1.54) is 11.8 Å². The molecule has 1 atom stereocenters. The summed E-state index contributed by atoms with van der Waals surface area (Å²) in [6.07, 6.45) is 0. The number of aliphatic carboxylic acids is 1. The van der Waals surface area contributed by atoms with E-state index < -0.39 is 12.0 Å². The predicted molar refractivity (Wildman–Crippen MR) is 78.5 cm³/mol. The second-order valence-corrected chi connectivity index (χ2v) is 5.48. The normalized spacial score (nSPS) is 12.5. The van der Waals surface area contributed by atoms with Crippen molar-refractivity contribution in [3.8, 4) is 0 Å². The van der Waals surface area contributed by atoms with Gasteiger partial charge in [0.25, 0.3) is 0 Å². The third-order valence-electron chi connectivity index (χ3n) is 2.62. The standard InChI is InChI=1S/C13H13ClN2O2S/c14-12-9(6-19-7-10(15)13(17)18)5-8-3-1-2-4-11(8)16-12/h1-5,10H,6-7,15H2,(H,17,18). The zero-order valence-electron chi connectivity index (χ0n) is 10.0. The van der Waals surface area contributed by atoms with Crippen LogP contribution in [0.3, 0.4) is 0 Å². The van der Waals surface area contributed by atoms with Crippen LogP contribution >= 0.6 is 23.4 Å². The largest absolute Gasteiger partial charge is 0.480 e. The lowest BCUT2D eigenvalue weighted by molar-refractivity contribution is -0.137. The number of carbonyl (C=O) groups is 1. The summed E-state index contributed by atoms with van der Waals surface area (Å²) < 4.78 is 0. The number of carboxylic acids is 1. The van der Waals surface area contributed by atoms with Crippen LogP contribution in [-0.4, -0.2) is 27.9 Å². The Hall–Kier alpha value is -1.30. The number of nitrogens with zero attached hydrogens (tertiary/aromatic N) is 1. The number of aromatic nitrogens is 1. The van der Waals surface area contributed by atoms with Crippen LogP contribution in [0.2, 0.25) is 5.15 Å². The Kier molecular flexibility index (Phi) is 4.63. The van der Waals surface area contributed by atoms with Crippen molar-refractivity contribution in [2.75, 3.05) is 5.75 Å². The van der Waals surface area contributed by atoms with Crippen molar-refractivity contribution in [3.63, 3.8) is 0 Å². The van der Waals surface area contributed by atoms with Gasteiger partial charge in [0.2, 0.25) is 0 Å². The molecule has 1 heterocycles. The number of fused-ring (bicyclic) bond motifs is 1. The minimum atomic E-state index is -0.991. The number of thioether (sulfide) groups is 1. The zero-order valence-corrected chi connectivity index (χ0v) is 11.6. The summed E-state index contributed by atoms with van der Waals surface area (Å²) in [5.41, 5.74) is 7.18. The van der Waals surface area contributed by atoms with Crippen LogP contribution in [-0.2, 0) is 10.5 Å². The Morgan fingerprint density at radius 3 is 2.95 bits per heavy atom. The van der Waals surface area contributed by atoms with Gasteiger partial charge in [-0.1, -0.05) is 29.8 Å². The molecular weight excluding hydrogens is 284 g/mol. The Balaban J connectivity index is 2.08. The summed E-state index contributed by atoms with van der Waals surface area (Å²) in [4.78, 5) is 14.9. The number of hydrogen-bond acceptors (Lipinski definition) is 4. The first-order chi connectivity index (χ1) is 9.08. The lowest BCUT2D eigenvalue weighted by atomic mass is 10.2. The van der Waals surface area contributed by atoms with Crippen molar-refractivity contribution in [1.29, 1.82) is 0 Å². The molecule has 2 rings (SSSR count). The third-order valence-corrected chi connectivity index (χ3v) is 4.06. The number of benzene rings is 1. The molecule has 1 aromatic carbocycles. The van der Waals surface area contributed by atoms with Crippen LogP contribution in [0.1, 0.15) is 5.56 Å². The maximum atomic E-state index is 10.6. The summed E-state index contributed by atoms with van der Waals surface area (Å²) in [6.45, 7) is 0. The van der Waals surface area contributed by atoms with E-state index in [9.17, 15) is 4.79 Å². The lowest BCUT2D eigenvalue weighted by Crippen LogP contribution is -2.32. The molecule has 0 spiro atoms. The lowest BCUT2D eigenvalue weighted by Gasteiger charge is -2.08. The minimum Gasteiger partial charge on any atom is -0.480 e. The fourth-order valence-corrected chi connectivity index (χ4v) is 2.85. The summed E-state index contributed by atoms with van der Waals surface area (Å²) >= 11 is 7.54. The van der Waals surface area contributed by atoms with Gasteiger partial charge < -0.3 is 10.8 Å². The molecular formula is C13H13ClN2O2S. The van der Waals surface area contributed by atoms with Gasteiger partial charge in [0.1, 0.15) is 11.2 Å². The van der Waals surface area contributed by atoms with Gasteiger partial charge in [0.05, 0.1) is 5.52 Å². The molecule has 0 radical (unpaired) electrons. The molecule has 3 N–H and O–H groups in total. The Labute approximate surface area is 120 Å². The number of hydrogen-bond donors (Lipinski definition) is 2. The van der Waals surface area contributed by atoms with Gasteiger partial charge in [-0.05, 0) is 12.1 Å². The molecule has 0 aliphatic rings. The van der Waals surface area contributed by atoms with E-state index in [2.05, 4.69) is 4.98 Å². The molecule has 0 saturated carbocycles. The van der Waals surface area contributed by atoms with Gasteiger partial charge in [-0.2, -0.15) is 11.8 Å². The second-order valence-electron chi connectivity index (χ2n) is 4.09. The van der Waals surface area contributed by atoms with E-state index in [0.29, 0.717) is 16.7 Å². The molecule has 6 heteroatoms. The van der Waals surface area contributed by atoms with Crippen molar-refractivity contribution in [1.82, 2.24) is 4.98 Å². The Morgan fingerprint density at radius 1 is 1.47 bits per heavy atom. The minimum absolute atomic E-state index is 0.346. The van der Waals surface area contributed by atoms with E-state index in [1.54, 1.807) is 0 Å². The first-order valence-corrected chi connectivity index (χ1v) is 7.21. The van der Waals surface area contributed by atoms with Gasteiger partial charge in [0, 0.05) is 22.5 Å². The number of carboxylic acid groups (broad SMARTS) is 1. The first kappa shape index (κ1) is 14.1.